The molecule has 1 atom stereocenters. The molecule has 0 radical (unpaired) electrons. The fraction of sp³-hybridized carbons (Fsp3) is 0.375. The molecule has 0 aliphatic carbocycles. The predicted octanol–water partition coefficient (Wildman–Crippen LogP) is 1.96. The molecule has 12 heavy (non-hydrogen) atoms. The van der Waals surface area contributed by atoms with Crippen molar-refractivity contribution in [2.24, 2.45) is 0 Å². The van der Waals surface area contributed by atoms with Gasteiger partial charge in [0.15, 0.2) is 0 Å². The molecule has 1 aromatic rings. The van der Waals surface area contributed by atoms with E-state index in [0.29, 0.717) is 11.4 Å². The van der Waals surface area contributed by atoms with Crippen molar-refractivity contribution in [3.63, 3.8) is 0 Å². The summed E-state index contributed by atoms with van der Waals surface area (Å²) in [6.45, 7) is 1.55. The highest BCUT2D eigenvalue weighted by Gasteiger charge is 2.08. The van der Waals surface area contributed by atoms with E-state index in [2.05, 4.69) is 20.9 Å². The highest BCUT2D eigenvalue weighted by molar-refractivity contribution is 9.09. The molecule has 0 amide bonds. The van der Waals surface area contributed by atoms with Crippen molar-refractivity contribution >= 4 is 15.9 Å². The van der Waals surface area contributed by atoms with Gasteiger partial charge in [-0.3, -0.25) is 4.98 Å². The Morgan fingerprint density at radius 1 is 1.67 bits per heavy atom. The van der Waals surface area contributed by atoms with Crippen LogP contribution in [-0.4, -0.2) is 16.7 Å². The number of aromatic nitrogens is 1. The lowest BCUT2D eigenvalue weighted by atomic mass is 10.2. The van der Waals surface area contributed by atoms with Crippen LogP contribution in [0.15, 0.2) is 12.1 Å². The molecule has 0 aliphatic heterocycles. The van der Waals surface area contributed by atoms with E-state index >= 15 is 0 Å². The van der Waals surface area contributed by atoms with Crippen molar-refractivity contribution in [1.29, 1.82) is 0 Å². The number of aryl methyl sites for hydroxylation is 1. The van der Waals surface area contributed by atoms with E-state index in [1.54, 1.807) is 13.0 Å². The van der Waals surface area contributed by atoms with Crippen LogP contribution < -0.4 is 0 Å². The minimum atomic E-state index is -0.323. The smallest absolute Gasteiger partial charge is 0.144 e. The van der Waals surface area contributed by atoms with Crippen LogP contribution in [0.4, 0.5) is 4.39 Å². The first-order valence-corrected chi connectivity index (χ1v) is 4.44. The molecule has 0 saturated heterocycles. The Morgan fingerprint density at radius 2 is 2.33 bits per heavy atom. The SMILES string of the molecule is Cc1nc(C(Br)CO)ccc1F. The fourth-order valence-corrected chi connectivity index (χ4v) is 1.09. The van der Waals surface area contributed by atoms with Gasteiger partial charge in [0.1, 0.15) is 5.82 Å². The minimum Gasteiger partial charge on any atom is -0.395 e. The zero-order chi connectivity index (χ0) is 9.14. The van der Waals surface area contributed by atoms with Crippen LogP contribution in [-0.2, 0) is 0 Å². The third-order valence-electron chi connectivity index (χ3n) is 1.52. The van der Waals surface area contributed by atoms with Gasteiger partial charge < -0.3 is 5.11 Å². The zero-order valence-corrected chi connectivity index (χ0v) is 8.18. The second kappa shape index (κ2) is 3.96. The minimum absolute atomic E-state index is 0.0436. The number of pyridine rings is 1. The molecule has 1 aromatic heterocycles. The van der Waals surface area contributed by atoms with Crippen LogP contribution >= 0.6 is 15.9 Å². The Bertz CT molecular complexity index is 280. The second-order valence-corrected chi connectivity index (χ2v) is 3.56. The lowest BCUT2D eigenvalue weighted by Gasteiger charge is -2.06. The van der Waals surface area contributed by atoms with E-state index in [-0.39, 0.29) is 17.3 Å². The Hall–Kier alpha value is -0.480. The second-order valence-electron chi connectivity index (χ2n) is 2.45. The summed E-state index contributed by atoms with van der Waals surface area (Å²) in [5.41, 5.74) is 1.00. The molecule has 1 N–H and O–H groups in total. The number of rotatable bonds is 2. The average Bonchev–Trinajstić information content (AvgIpc) is 2.08. The maximum Gasteiger partial charge on any atom is 0.144 e. The summed E-state index contributed by atoms with van der Waals surface area (Å²) in [6, 6.07) is 2.90. The van der Waals surface area contributed by atoms with E-state index < -0.39 is 0 Å². The number of nitrogens with zero attached hydrogens (tertiary/aromatic N) is 1. The number of hydrogen-bond donors (Lipinski definition) is 1. The molecule has 1 heterocycles. The van der Waals surface area contributed by atoms with Crippen LogP contribution in [0.25, 0.3) is 0 Å². The number of aliphatic hydroxyl groups excluding tert-OH is 1. The van der Waals surface area contributed by atoms with Gasteiger partial charge in [-0.05, 0) is 19.1 Å². The van der Waals surface area contributed by atoms with Gasteiger partial charge in [0, 0.05) is 0 Å². The molecular weight excluding hydrogens is 225 g/mol. The lowest BCUT2D eigenvalue weighted by molar-refractivity contribution is 0.296. The van der Waals surface area contributed by atoms with E-state index in [0.717, 1.165) is 0 Å². The summed E-state index contributed by atoms with van der Waals surface area (Å²) < 4.78 is 12.7. The first-order chi connectivity index (χ1) is 5.65. The summed E-state index contributed by atoms with van der Waals surface area (Å²) in [6.07, 6.45) is 0. The topological polar surface area (TPSA) is 33.1 Å². The third-order valence-corrected chi connectivity index (χ3v) is 2.28. The zero-order valence-electron chi connectivity index (χ0n) is 6.59. The van der Waals surface area contributed by atoms with E-state index in [4.69, 9.17) is 5.11 Å². The summed E-state index contributed by atoms with van der Waals surface area (Å²) in [4.78, 5) is 3.75. The molecule has 0 aromatic carbocycles. The van der Waals surface area contributed by atoms with Gasteiger partial charge in [-0.25, -0.2) is 4.39 Å². The van der Waals surface area contributed by atoms with Crippen LogP contribution in [0.1, 0.15) is 16.2 Å². The van der Waals surface area contributed by atoms with Gasteiger partial charge >= 0.3 is 0 Å². The van der Waals surface area contributed by atoms with Gasteiger partial charge in [-0.15, -0.1) is 0 Å². The molecule has 1 rings (SSSR count). The Morgan fingerprint density at radius 3 is 2.83 bits per heavy atom. The van der Waals surface area contributed by atoms with Gasteiger partial charge in [0.05, 0.1) is 22.8 Å². The van der Waals surface area contributed by atoms with Crippen LogP contribution in [0.3, 0.4) is 0 Å². The normalized spacial score (nSPS) is 13.0. The molecule has 1 unspecified atom stereocenters. The van der Waals surface area contributed by atoms with Crippen molar-refractivity contribution < 1.29 is 9.50 Å². The molecule has 66 valence electrons. The van der Waals surface area contributed by atoms with Gasteiger partial charge in [0.25, 0.3) is 0 Å². The number of hydrogen-bond acceptors (Lipinski definition) is 2. The lowest BCUT2D eigenvalue weighted by Crippen LogP contribution is -2.00. The summed E-state index contributed by atoms with van der Waals surface area (Å²) in [7, 11) is 0. The van der Waals surface area contributed by atoms with Gasteiger partial charge in [-0.1, -0.05) is 15.9 Å². The maximum absolute atomic E-state index is 12.7. The van der Waals surface area contributed by atoms with Crippen LogP contribution in [0, 0.1) is 12.7 Å². The summed E-state index contributed by atoms with van der Waals surface area (Å²) in [5, 5.41) is 8.77. The summed E-state index contributed by atoms with van der Waals surface area (Å²) >= 11 is 3.21. The number of alkyl halides is 1. The van der Waals surface area contributed by atoms with Crippen LogP contribution in [0.2, 0.25) is 0 Å². The molecule has 0 aliphatic rings. The van der Waals surface area contributed by atoms with Gasteiger partial charge in [0.2, 0.25) is 0 Å². The van der Waals surface area contributed by atoms with Crippen molar-refractivity contribution in [1.82, 2.24) is 4.98 Å². The Balaban J connectivity index is 2.96. The molecule has 0 bridgehead atoms. The molecule has 0 saturated carbocycles. The number of aliphatic hydroxyl groups is 1. The van der Waals surface area contributed by atoms with Crippen LogP contribution in [0.5, 0.6) is 0 Å². The molecular formula is C8H9BrFNO. The van der Waals surface area contributed by atoms with Crippen molar-refractivity contribution in [2.75, 3.05) is 6.61 Å². The van der Waals surface area contributed by atoms with Crippen molar-refractivity contribution in [2.45, 2.75) is 11.8 Å². The third kappa shape index (κ3) is 2.01. The largest absolute Gasteiger partial charge is 0.395 e. The monoisotopic (exact) mass is 233 g/mol. The van der Waals surface area contributed by atoms with E-state index in [1.807, 2.05) is 0 Å². The molecule has 4 heteroatoms. The Labute approximate surface area is 78.6 Å². The predicted molar refractivity (Wildman–Crippen MR) is 47.7 cm³/mol. The Kier molecular flexibility index (Phi) is 3.17. The molecule has 0 spiro atoms. The van der Waals surface area contributed by atoms with E-state index in [9.17, 15) is 4.39 Å². The average molecular weight is 234 g/mol. The van der Waals surface area contributed by atoms with E-state index in [1.165, 1.54) is 6.07 Å². The van der Waals surface area contributed by atoms with Crippen molar-refractivity contribution in [3.8, 4) is 0 Å². The molecule has 2 nitrogen and oxygen atoms in total. The van der Waals surface area contributed by atoms with Gasteiger partial charge in [-0.2, -0.15) is 0 Å². The first-order valence-electron chi connectivity index (χ1n) is 3.53. The van der Waals surface area contributed by atoms with Crippen molar-refractivity contribution in [3.05, 3.63) is 29.3 Å². The summed E-state index contributed by atoms with van der Waals surface area (Å²) in [5.74, 6) is -0.323. The quantitative estimate of drug-likeness (QED) is 0.793. The highest BCUT2D eigenvalue weighted by Crippen LogP contribution is 2.20. The highest BCUT2D eigenvalue weighted by atomic mass is 79.9. The fourth-order valence-electron chi connectivity index (χ4n) is 0.831. The number of halogens is 2. The maximum atomic E-state index is 12.7. The molecule has 0 fully saturated rings. The first kappa shape index (κ1) is 9.61. The standard InChI is InChI=1S/C8H9BrFNO/c1-5-7(10)2-3-8(11-5)6(9)4-12/h2-3,6,12H,4H2,1H3.